The Hall–Kier alpha value is -4.92. The van der Waals surface area contributed by atoms with Gasteiger partial charge in [-0.3, -0.25) is 9.59 Å². The number of aromatic amines is 1. The van der Waals surface area contributed by atoms with E-state index in [1.54, 1.807) is 24.4 Å². The summed E-state index contributed by atoms with van der Waals surface area (Å²) < 4.78 is 32.8. The maximum atomic E-state index is 13.8. The standard InChI is InChI=1S/C30H24F2N4O3/c1-35-13-11-22(29(37)33-16-17-15-19(32)5-10-25(17)39-2)21-8-9-24-26-23(34-30(38)27(26)28(21)35)12-14-36(24)20-6-3-18(31)4-7-20/h3-13,15H,14,16H2,1-2H3,(H,33,37)(H,34,38). The molecule has 0 radical (unpaired) electrons. The lowest BCUT2D eigenvalue weighted by Crippen LogP contribution is -2.32. The number of fused-ring (bicyclic) bond motifs is 2. The van der Waals surface area contributed by atoms with E-state index in [4.69, 9.17) is 4.74 Å². The van der Waals surface area contributed by atoms with Crippen molar-refractivity contribution < 1.29 is 18.3 Å². The van der Waals surface area contributed by atoms with E-state index in [1.165, 1.54) is 37.4 Å². The second kappa shape index (κ2) is 9.43. The number of amides is 1. The summed E-state index contributed by atoms with van der Waals surface area (Å²) in [7, 11) is 3.30. The molecule has 3 aliphatic heterocycles. The number of aromatic nitrogens is 1. The number of anilines is 3. The fourth-order valence-electron chi connectivity index (χ4n) is 5.26. The zero-order valence-electron chi connectivity index (χ0n) is 21.2. The first-order valence-electron chi connectivity index (χ1n) is 12.3. The van der Waals surface area contributed by atoms with Gasteiger partial charge in [-0.15, -0.1) is 0 Å². The molecular formula is C30H24F2N4O3. The molecule has 0 saturated heterocycles. The van der Waals surface area contributed by atoms with Gasteiger partial charge < -0.3 is 24.8 Å². The fraction of sp³-hybridized carbons (Fsp3) is 0.133. The normalized spacial score (nSPS) is 13.8. The number of nitrogens with zero attached hydrogens (tertiary/aromatic N) is 2. The molecule has 39 heavy (non-hydrogen) atoms. The van der Waals surface area contributed by atoms with Gasteiger partial charge in [0.05, 0.1) is 29.6 Å². The SMILES string of the molecule is COc1ccc(F)cc1CNC(=O)C1=c2ccc3c4c([nH]c(=O)c-4c2N(C)C=C1)=CCN3c1ccc(F)cc1. The largest absolute Gasteiger partial charge is 0.496 e. The molecule has 0 fully saturated rings. The second-order valence-electron chi connectivity index (χ2n) is 9.37. The summed E-state index contributed by atoms with van der Waals surface area (Å²) in [4.78, 5) is 33.5. The number of hydrogen-bond donors (Lipinski definition) is 2. The third kappa shape index (κ3) is 4.12. The summed E-state index contributed by atoms with van der Waals surface area (Å²) in [6.45, 7) is 0.527. The Labute approximate surface area is 222 Å². The van der Waals surface area contributed by atoms with E-state index in [2.05, 4.69) is 10.3 Å². The molecule has 3 heterocycles. The Kier molecular flexibility index (Phi) is 5.91. The van der Waals surface area contributed by atoms with Crippen LogP contribution in [0.4, 0.5) is 25.8 Å². The highest BCUT2D eigenvalue weighted by Gasteiger charge is 2.29. The average Bonchev–Trinajstić information content (AvgIpc) is 3.14. The molecule has 2 N–H and O–H groups in total. The lowest BCUT2D eigenvalue weighted by atomic mass is 10.0. The van der Waals surface area contributed by atoms with E-state index in [-0.39, 0.29) is 23.8 Å². The van der Waals surface area contributed by atoms with Gasteiger partial charge in [-0.25, -0.2) is 8.78 Å². The van der Waals surface area contributed by atoms with Gasteiger partial charge in [0.2, 0.25) is 0 Å². The molecule has 196 valence electrons. The predicted molar refractivity (Wildman–Crippen MR) is 147 cm³/mol. The van der Waals surface area contributed by atoms with E-state index in [9.17, 15) is 18.4 Å². The number of rotatable bonds is 5. The molecule has 9 heteroatoms. The number of H-pyrrole nitrogens is 1. The van der Waals surface area contributed by atoms with Gasteiger partial charge in [0.15, 0.2) is 0 Å². The smallest absolute Gasteiger partial charge is 0.258 e. The molecular weight excluding hydrogens is 502 g/mol. The molecule has 0 unspecified atom stereocenters. The minimum Gasteiger partial charge on any atom is -0.496 e. The van der Waals surface area contributed by atoms with Crippen LogP contribution in [-0.4, -0.2) is 31.6 Å². The Balaban J connectivity index is 1.49. The first-order chi connectivity index (χ1) is 18.9. The predicted octanol–water partition coefficient (Wildman–Crippen LogP) is 3.13. The van der Waals surface area contributed by atoms with Gasteiger partial charge in [-0.1, -0.05) is 0 Å². The number of methoxy groups -OCH3 is 1. The van der Waals surface area contributed by atoms with Crippen LogP contribution in [0, 0.1) is 11.6 Å². The number of halogens is 2. The van der Waals surface area contributed by atoms with Gasteiger partial charge in [0, 0.05) is 53.7 Å². The summed E-state index contributed by atoms with van der Waals surface area (Å²) in [6, 6.07) is 14.0. The molecule has 0 saturated carbocycles. The van der Waals surface area contributed by atoms with E-state index in [0.717, 1.165) is 16.9 Å². The Bertz CT molecular complexity index is 1810. The van der Waals surface area contributed by atoms with Gasteiger partial charge in [-0.05, 0) is 66.7 Å². The number of hydrogen-bond acceptors (Lipinski definition) is 5. The zero-order valence-corrected chi connectivity index (χ0v) is 21.2. The number of carbonyl (C=O) groups is 1. The number of ether oxygens (including phenoxy) is 1. The second-order valence-corrected chi connectivity index (χ2v) is 9.37. The van der Waals surface area contributed by atoms with E-state index < -0.39 is 5.82 Å². The molecule has 0 aromatic heterocycles. The van der Waals surface area contributed by atoms with Crippen molar-refractivity contribution in [1.82, 2.24) is 10.3 Å². The van der Waals surface area contributed by atoms with Crippen LogP contribution in [0.25, 0.3) is 22.8 Å². The molecule has 6 rings (SSSR count). The van der Waals surface area contributed by atoms with Crippen LogP contribution in [-0.2, 0) is 11.3 Å². The van der Waals surface area contributed by atoms with Crippen LogP contribution in [0.5, 0.6) is 5.75 Å². The number of carbonyl (C=O) groups excluding carboxylic acids is 1. The maximum absolute atomic E-state index is 13.8. The topological polar surface area (TPSA) is 77.7 Å². The molecule has 0 spiro atoms. The van der Waals surface area contributed by atoms with Crippen LogP contribution in [0.3, 0.4) is 0 Å². The third-order valence-corrected chi connectivity index (χ3v) is 7.09. The highest BCUT2D eigenvalue weighted by atomic mass is 19.1. The van der Waals surface area contributed by atoms with Crippen molar-refractivity contribution in [2.75, 3.05) is 30.5 Å². The van der Waals surface area contributed by atoms with Crippen LogP contribution >= 0.6 is 0 Å². The van der Waals surface area contributed by atoms with Crippen molar-refractivity contribution in [2.24, 2.45) is 0 Å². The van der Waals surface area contributed by atoms with Crippen molar-refractivity contribution in [3.8, 4) is 16.9 Å². The summed E-state index contributed by atoms with van der Waals surface area (Å²) in [5.74, 6) is -0.687. The third-order valence-electron chi connectivity index (χ3n) is 7.09. The molecule has 0 bridgehead atoms. The van der Waals surface area contributed by atoms with Crippen LogP contribution in [0.15, 0.2) is 71.7 Å². The first kappa shape index (κ1) is 24.4. The minimum atomic E-state index is -0.432. The van der Waals surface area contributed by atoms with Gasteiger partial charge in [0.25, 0.3) is 11.5 Å². The van der Waals surface area contributed by atoms with Gasteiger partial charge in [0.1, 0.15) is 17.4 Å². The zero-order chi connectivity index (χ0) is 27.3. The molecule has 1 amide bonds. The number of benzene rings is 2. The van der Waals surface area contributed by atoms with Crippen molar-refractivity contribution in [2.45, 2.75) is 6.54 Å². The molecule has 2 aromatic rings. The highest BCUT2D eigenvalue weighted by Crippen LogP contribution is 2.37. The van der Waals surface area contributed by atoms with Gasteiger partial charge in [-0.2, -0.15) is 0 Å². The molecule has 0 atom stereocenters. The number of nitrogens with one attached hydrogen (secondary N) is 2. The summed E-state index contributed by atoms with van der Waals surface area (Å²) in [5, 5.41) is 4.13. The summed E-state index contributed by atoms with van der Waals surface area (Å²) in [6.07, 6.45) is 5.35. The van der Waals surface area contributed by atoms with Gasteiger partial charge >= 0.3 is 0 Å². The Morgan fingerprint density at radius 1 is 1.05 bits per heavy atom. The van der Waals surface area contributed by atoms with Crippen LogP contribution in [0.1, 0.15) is 5.56 Å². The quantitative estimate of drug-likeness (QED) is 0.418. The van der Waals surface area contributed by atoms with Crippen molar-refractivity contribution in [3.05, 3.63) is 105 Å². The average molecular weight is 527 g/mol. The molecule has 7 nitrogen and oxygen atoms in total. The fourth-order valence-corrected chi connectivity index (χ4v) is 5.26. The molecule has 2 aromatic carbocycles. The van der Waals surface area contributed by atoms with E-state index in [1.807, 2.05) is 35.1 Å². The minimum absolute atomic E-state index is 0.0519. The monoisotopic (exact) mass is 526 g/mol. The highest BCUT2D eigenvalue weighted by molar-refractivity contribution is 6.18. The van der Waals surface area contributed by atoms with Crippen molar-refractivity contribution in [1.29, 1.82) is 0 Å². The van der Waals surface area contributed by atoms with Crippen LogP contribution < -0.4 is 36.0 Å². The van der Waals surface area contributed by atoms with Crippen LogP contribution in [0.2, 0.25) is 0 Å². The summed E-state index contributed by atoms with van der Waals surface area (Å²) >= 11 is 0. The van der Waals surface area contributed by atoms with Crippen molar-refractivity contribution >= 4 is 34.6 Å². The van der Waals surface area contributed by atoms with Crippen molar-refractivity contribution in [3.63, 3.8) is 0 Å². The first-order valence-corrected chi connectivity index (χ1v) is 12.3. The Morgan fingerprint density at radius 2 is 1.82 bits per heavy atom. The lowest BCUT2D eigenvalue weighted by Gasteiger charge is -2.27. The van der Waals surface area contributed by atoms with E-state index >= 15 is 0 Å². The molecule has 4 aliphatic rings. The Morgan fingerprint density at radius 3 is 2.59 bits per heavy atom. The van der Waals surface area contributed by atoms with E-state index in [0.29, 0.717) is 45.2 Å². The maximum Gasteiger partial charge on any atom is 0.258 e. The molecule has 1 aliphatic carbocycles. The lowest BCUT2D eigenvalue weighted by molar-refractivity contribution is -0.115. The summed E-state index contributed by atoms with van der Waals surface area (Å²) in [5.41, 5.74) is 3.90.